The predicted octanol–water partition coefficient (Wildman–Crippen LogP) is 3.88. The van der Waals surface area contributed by atoms with Crippen LogP contribution in [-0.4, -0.2) is 42.8 Å². The van der Waals surface area contributed by atoms with Crippen LogP contribution >= 0.6 is 11.6 Å². The molecule has 3 atom stereocenters. The minimum Gasteiger partial charge on any atom is -0.378 e. The van der Waals surface area contributed by atoms with Crippen LogP contribution in [0.5, 0.6) is 0 Å². The van der Waals surface area contributed by atoms with Gasteiger partial charge in [-0.3, -0.25) is 4.79 Å². The van der Waals surface area contributed by atoms with E-state index in [1.807, 2.05) is 19.9 Å². The number of ether oxygens (including phenoxy) is 1. The monoisotopic (exact) mass is 522 g/mol. The van der Waals surface area contributed by atoms with Crippen molar-refractivity contribution in [3.05, 3.63) is 69.9 Å². The lowest BCUT2D eigenvalue weighted by Crippen LogP contribution is -2.33. The molecule has 1 fully saturated rings. The van der Waals surface area contributed by atoms with E-state index in [0.29, 0.717) is 34.9 Å². The van der Waals surface area contributed by atoms with E-state index in [1.54, 1.807) is 18.5 Å². The maximum absolute atomic E-state index is 14.0. The number of amides is 1. The Morgan fingerprint density at radius 2 is 2.06 bits per heavy atom. The Labute approximate surface area is 214 Å². The number of nitrogens with one attached hydrogen (secondary N) is 3. The minimum atomic E-state index is -0.686. The number of hydrogen-bond acceptors (Lipinski definition) is 6. The molecule has 7 N–H and O–H groups in total. The van der Waals surface area contributed by atoms with Gasteiger partial charge in [-0.25, -0.2) is 13.8 Å². The molecule has 0 aliphatic carbocycles. The number of aromatic amines is 1. The molecule has 1 saturated heterocycles. The SMILES string of the molecule is CC(C)c1cc(F)cc(C(CN)NC(=O)c2cc(C3N=C(N)NC=C3Cl)c[nH]2)c1.FC1CCCOC1. The third kappa shape index (κ3) is 7.52. The summed E-state index contributed by atoms with van der Waals surface area (Å²) >= 11 is 6.18. The van der Waals surface area contributed by atoms with Crippen molar-refractivity contribution in [1.82, 2.24) is 15.6 Å². The molecular weight excluding hydrogens is 490 g/mol. The number of carbonyl (C=O) groups is 1. The highest BCUT2D eigenvalue weighted by molar-refractivity contribution is 6.30. The van der Waals surface area contributed by atoms with Crippen LogP contribution in [0.1, 0.15) is 71.9 Å². The van der Waals surface area contributed by atoms with Gasteiger partial charge in [-0.05, 0) is 48.1 Å². The summed E-state index contributed by atoms with van der Waals surface area (Å²) in [6.45, 7) is 5.15. The van der Waals surface area contributed by atoms with Crippen molar-refractivity contribution in [2.24, 2.45) is 16.5 Å². The Hall–Kier alpha value is -2.95. The number of nitrogens with two attached hydrogens (primary N) is 2. The number of guanidine groups is 1. The summed E-state index contributed by atoms with van der Waals surface area (Å²) in [5.41, 5.74) is 14.0. The van der Waals surface area contributed by atoms with E-state index in [-0.39, 0.29) is 30.1 Å². The lowest BCUT2D eigenvalue weighted by Gasteiger charge is -2.19. The Kier molecular flexibility index (Phi) is 9.86. The predicted molar refractivity (Wildman–Crippen MR) is 137 cm³/mol. The third-order valence-corrected chi connectivity index (χ3v) is 6.13. The molecule has 8 nitrogen and oxygen atoms in total. The molecule has 2 aliphatic heterocycles. The van der Waals surface area contributed by atoms with E-state index in [0.717, 1.165) is 18.6 Å². The highest BCUT2D eigenvalue weighted by Crippen LogP contribution is 2.30. The molecule has 196 valence electrons. The number of alkyl halides is 1. The second-order valence-electron chi connectivity index (χ2n) is 8.99. The van der Waals surface area contributed by atoms with Crippen LogP contribution in [0.2, 0.25) is 0 Å². The zero-order chi connectivity index (χ0) is 26.2. The number of carbonyl (C=O) groups excluding carboxylic acids is 1. The fourth-order valence-electron chi connectivity index (χ4n) is 3.78. The molecule has 0 bridgehead atoms. The number of hydrogen-bond donors (Lipinski definition) is 5. The van der Waals surface area contributed by atoms with Gasteiger partial charge in [0.05, 0.1) is 17.7 Å². The Balaban J connectivity index is 0.000000444. The molecule has 1 amide bonds. The Morgan fingerprint density at radius 3 is 2.67 bits per heavy atom. The number of nitrogens with zero attached hydrogens (tertiary/aromatic N) is 1. The highest BCUT2D eigenvalue weighted by atomic mass is 35.5. The molecule has 2 aromatic rings. The molecule has 0 radical (unpaired) electrons. The lowest BCUT2D eigenvalue weighted by molar-refractivity contribution is 0.0366. The molecule has 11 heteroatoms. The molecule has 4 rings (SSSR count). The number of rotatable bonds is 6. The Bertz CT molecular complexity index is 1100. The van der Waals surface area contributed by atoms with Gasteiger partial charge in [0, 0.05) is 31.1 Å². The first-order valence-electron chi connectivity index (χ1n) is 11.8. The fraction of sp³-hybridized carbons (Fsp3) is 0.440. The number of aromatic nitrogens is 1. The number of aliphatic imine (C=N–C) groups is 1. The van der Waals surface area contributed by atoms with Crippen molar-refractivity contribution in [3.8, 4) is 0 Å². The van der Waals surface area contributed by atoms with Crippen LogP contribution in [0.15, 0.2) is 46.7 Å². The number of benzene rings is 1. The normalized spacial score (nSPS) is 20.4. The average molecular weight is 523 g/mol. The van der Waals surface area contributed by atoms with Crippen molar-refractivity contribution in [2.45, 2.75) is 50.9 Å². The average Bonchev–Trinajstić information content (AvgIpc) is 3.34. The summed E-state index contributed by atoms with van der Waals surface area (Å²) in [5, 5.41) is 6.03. The van der Waals surface area contributed by atoms with E-state index in [9.17, 15) is 13.6 Å². The zero-order valence-electron chi connectivity index (χ0n) is 20.4. The van der Waals surface area contributed by atoms with Crippen LogP contribution < -0.4 is 22.1 Å². The van der Waals surface area contributed by atoms with Crippen LogP contribution in [-0.2, 0) is 4.74 Å². The molecule has 1 aromatic carbocycles. The van der Waals surface area contributed by atoms with Crippen LogP contribution in [0.4, 0.5) is 8.78 Å². The van der Waals surface area contributed by atoms with Crippen LogP contribution in [0.25, 0.3) is 0 Å². The van der Waals surface area contributed by atoms with Crippen LogP contribution in [0, 0.1) is 5.82 Å². The van der Waals surface area contributed by atoms with E-state index in [4.69, 9.17) is 27.8 Å². The van der Waals surface area contributed by atoms with Gasteiger partial charge in [0.15, 0.2) is 5.96 Å². The van der Waals surface area contributed by atoms with E-state index < -0.39 is 18.3 Å². The van der Waals surface area contributed by atoms with E-state index >= 15 is 0 Å². The van der Waals surface area contributed by atoms with Gasteiger partial charge >= 0.3 is 0 Å². The van der Waals surface area contributed by atoms with Crippen molar-refractivity contribution >= 4 is 23.5 Å². The quantitative estimate of drug-likeness (QED) is 0.393. The second-order valence-corrected chi connectivity index (χ2v) is 9.42. The smallest absolute Gasteiger partial charge is 0.268 e. The maximum Gasteiger partial charge on any atom is 0.268 e. The summed E-state index contributed by atoms with van der Waals surface area (Å²) in [6, 6.07) is 5.38. The zero-order valence-corrected chi connectivity index (χ0v) is 21.1. The standard InChI is InChI=1S/C20H24ClFN6O.C5H9FO/c1-10(2)11-3-12(5-14(22)4-11)17(7-23)27-19(29)16-6-13(8-25-16)18-15(21)9-26-20(24)28-18;6-5-2-1-3-7-4-5/h3-6,8-10,17-18,25H,7,23H2,1-2H3,(H,27,29)(H3,24,26,28);5H,1-4H2. The molecular formula is C25H33ClF2N6O2. The maximum atomic E-state index is 14.0. The summed E-state index contributed by atoms with van der Waals surface area (Å²) in [4.78, 5) is 19.9. The number of halogens is 3. The van der Waals surface area contributed by atoms with Gasteiger partial charge in [-0.15, -0.1) is 0 Å². The molecule has 2 aliphatic rings. The van der Waals surface area contributed by atoms with E-state index in [2.05, 4.69) is 20.6 Å². The summed E-state index contributed by atoms with van der Waals surface area (Å²) in [7, 11) is 0. The number of H-pyrrole nitrogens is 1. The summed E-state index contributed by atoms with van der Waals surface area (Å²) < 4.78 is 30.9. The summed E-state index contributed by atoms with van der Waals surface area (Å²) in [6.07, 6.45) is 4.10. The van der Waals surface area contributed by atoms with Gasteiger partial charge in [0.2, 0.25) is 0 Å². The molecule has 0 spiro atoms. The third-order valence-electron chi connectivity index (χ3n) is 5.81. The molecule has 3 heterocycles. The second kappa shape index (κ2) is 12.8. The van der Waals surface area contributed by atoms with Gasteiger partial charge in [-0.2, -0.15) is 0 Å². The van der Waals surface area contributed by atoms with Crippen LogP contribution in [0.3, 0.4) is 0 Å². The van der Waals surface area contributed by atoms with Crippen molar-refractivity contribution < 1.29 is 18.3 Å². The lowest BCUT2D eigenvalue weighted by atomic mass is 9.97. The molecule has 0 saturated carbocycles. The summed E-state index contributed by atoms with van der Waals surface area (Å²) in [5.74, 6) is -0.334. The minimum absolute atomic E-state index is 0.129. The fourth-order valence-corrected chi connectivity index (χ4v) is 4.01. The molecule has 3 unspecified atom stereocenters. The topological polar surface area (TPSA) is 131 Å². The highest BCUT2D eigenvalue weighted by Gasteiger charge is 2.22. The molecule has 36 heavy (non-hydrogen) atoms. The van der Waals surface area contributed by atoms with Crippen molar-refractivity contribution in [2.75, 3.05) is 19.8 Å². The van der Waals surface area contributed by atoms with E-state index in [1.165, 1.54) is 12.1 Å². The van der Waals surface area contributed by atoms with Crippen molar-refractivity contribution in [3.63, 3.8) is 0 Å². The van der Waals surface area contributed by atoms with Gasteiger partial charge in [-0.1, -0.05) is 31.5 Å². The van der Waals surface area contributed by atoms with Crippen molar-refractivity contribution in [1.29, 1.82) is 0 Å². The Morgan fingerprint density at radius 1 is 1.31 bits per heavy atom. The van der Waals surface area contributed by atoms with Gasteiger partial charge in [0.25, 0.3) is 5.91 Å². The first-order chi connectivity index (χ1) is 17.2. The van der Waals surface area contributed by atoms with Gasteiger partial charge in [0.1, 0.15) is 23.7 Å². The largest absolute Gasteiger partial charge is 0.378 e. The molecule has 1 aromatic heterocycles. The van der Waals surface area contributed by atoms with Gasteiger partial charge < -0.3 is 31.8 Å². The first kappa shape index (κ1) is 27.6. The first-order valence-corrected chi connectivity index (χ1v) is 12.2.